The molecule has 0 unspecified atom stereocenters. The Balaban J connectivity index is 1.45. The summed E-state index contributed by atoms with van der Waals surface area (Å²) >= 11 is 1.40. The molecule has 1 amide bonds. The van der Waals surface area contributed by atoms with Gasteiger partial charge in [0.2, 0.25) is 5.91 Å². The third-order valence-corrected chi connectivity index (χ3v) is 5.94. The first kappa shape index (κ1) is 21.6. The van der Waals surface area contributed by atoms with E-state index in [-0.39, 0.29) is 17.9 Å². The first-order valence-corrected chi connectivity index (χ1v) is 11.5. The first-order chi connectivity index (χ1) is 14.0. The maximum Gasteiger partial charge on any atom is 0.254 e. The van der Waals surface area contributed by atoms with Crippen molar-refractivity contribution in [3.05, 3.63) is 57.0 Å². The zero-order valence-electron chi connectivity index (χ0n) is 17.3. The highest BCUT2D eigenvalue weighted by Crippen LogP contribution is 2.14. The molecule has 0 bridgehead atoms. The van der Waals surface area contributed by atoms with E-state index in [2.05, 4.69) is 44.5 Å². The van der Waals surface area contributed by atoms with Gasteiger partial charge in [-0.05, 0) is 56.7 Å². The number of nitrogens with zero attached hydrogens (tertiary/aromatic N) is 2. The number of hydrogen-bond acceptors (Lipinski definition) is 5. The smallest absolute Gasteiger partial charge is 0.254 e. The van der Waals surface area contributed by atoms with Crippen molar-refractivity contribution >= 4 is 17.7 Å². The summed E-state index contributed by atoms with van der Waals surface area (Å²) in [5.74, 6) is -0.0601. The van der Waals surface area contributed by atoms with Gasteiger partial charge in [-0.25, -0.2) is 4.98 Å². The van der Waals surface area contributed by atoms with E-state index < -0.39 is 0 Å². The monoisotopic (exact) mass is 414 g/mol. The van der Waals surface area contributed by atoms with E-state index in [1.807, 2.05) is 13.2 Å². The minimum Gasteiger partial charge on any atom is -0.352 e. The molecule has 1 aliphatic heterocycles. The van der Waals surface area contributed by atoms with Crippen molar-refractivity contribution in [2.75, 3.05) is 19.3 Å². The molecule has 2 heterocycles. The number of amides is 1. The Morgan fingerprint density at radius 3 is 2.52 bits per heavy atom. The number of hydrogen-bond donors (Lipinski definition) is 2. The van der Waals surface area contributed by atoms with Crippen LogP contribution in [0.3, 0.4) is 0 Å². The minimum atomic E-state index is -0.154. The predicted molar refractivity (Wildman–Crippen MR) is 117 cm³/mol. The van der Waals surface area contributed by atoms with E-state index in [1.165, 1.54) is 49.7 Å². The van der Waals surface area contributed by atoms with Crippen LogP contribution in [0.25, 0.3) is 0 Å². The number of likely N-dealkylation sites (tertiary alicyclic amines) is 1. The Kier molecular flexibility index (Phi) is 7.89. The third-order valence-electron chi connectivity index (χ3n) is 5.36. The SMILES string of the molecule is CSc1nc(C)c(CCC(=O)NCc2ccc(CN3CCCCC3)cc2)c(=O)[nH]1. The summed E-state index contributed by atoms with van der Waals surface area (Å²) in [6, 6.07) is 8.47. The van der Waals surface area contributed by atoms with Crippen molar-refractivity contribution in [1.29, 1.82) is 0 Å². The van der Waals surface area contributed by atoms with E-state index in [1.54, 1.807) is 0 Å². The molecule has 1 aromatic heterocycles. The van der Waals surface area contributed by atoms with Crippen LogP contribution in [-0.4, -0.2) is 40.1 Å². The van der Waals surface area contributed by atoms with Crippen LogP contribution in [0.15, 0.2) is 34.2 Å². The van der Waals surface area contributed by atoms with Gasteiger partial charge in [0.1, 0.15) is 0 Å². The highest BCUT2D eigenvalue weighted by atomic mass is 32.2. The summed E-state index contributed by atoms with van der Waals surface area (Å²) in [5.41, 5.74) is 3.52. The van der Waals surface area contributed by atoms with Gasteiger partial charge in [-0.1, -0.05) is 42.4 Å². The Labute approximate surface area is 176 Å². The molecular formula is C22H30N4O2S. The fourth-order valence-electron chi connectivity index (χ4n) is 3.64. The number of piperidine rings is 1. The maximum atomic E-state index is 12.2. The van der Waals surface area contributed by atoms with Crippen molar-refractivity contribution in [2.24, 2.45) is 0 Å². The number of aromatic amines is 1. The molecule has 0 atom stereocenters. The molecule has 0 spiro atoms. The van der Waals surface area contributed by atoms with E-state index >= 15 is 0 Å². The van der Waals surface area contributed by atoms with Gasteiger partial charge in [-0.2, -0.15) is 0 Å². The number of aromatic nitrogens is 2. The summed E-state index contributed by atoms with van der Waals surface area (Å²) in [5, 5.41) is 3.55. The topological polar surface area (TPSA) is 78.1 Å². The average Bonchev–Trinajstić information content (AvgIpc) is 2.73. The van der Waals surface area contributed by atoms with Gasteiger partial charge in [0.15, 0.2) is 5.16 Å². The predicted octanol–water partition coefficient (Wildman–Crippen LogP) is 3.04. The number of carbonyl (C=O) groups is 1. The molecule has 1 aromatic carbocycles. The van der Waals surface area contributed by atoms with Crippen LogP contribution in [0.4, 0.5) is 0 Å². The van der Waals surface area contributed by atoms with Crippen molar-refractivity contribution < 1.29 is 4.79 Å². The molecule has 1 fully saturated rings. The Hall–Kier alpha value is -2.12. The van der Waals surface area contributed by atoms with Gasteiger partial charge < -0.3 is 10.3 Å². The van der Waals surface area contributed by atoms with Gasteiger partial charge in [-0.15, -0.1) is 0 Å². The molecule has 7 heteroatoms. The van der Waals surface area contributed by atoms with Crippen LogP contribution in [0.2, 0.25) is 0 Å². The van der Waals surface area contributed by atoms with E-state index in [4.69, 9.17) is 0 Å². The second kappa shape index (κ2) is 10.6. The first-order valence-electron chi connectivity index (χ1n) is 10.3. The van der Waals surface area contributed by atoms with Crippen molar-refractivity contribution in [2.45, 2.75) is 57.3 Å². The van der Waals surface area contributed by atoms with E-state index in [9.17, 15) is 9.59 Å². The van der Waals surface area contributed by atoms with Gasteiger partial charge in [0.05, 0.1) is 0 Å². The summed E-state index contributed by atoms with van der Waals surface area (Å²) < 4.78 is 0. The summed E-state index contributed by atoms with van der Waals surface area (Å²) in [7, 11) is 0. The van der Waals surface area contributed by atoms with Crippen molar-refractivity contribution in [3.63, 3.8) is 0 Å². The molecular weight excluding hydrogens is 384 g/mol. The van der Waals surface area contributed by atoms with Gasteiger partial charge in [0, 0.05) is 30.8 Å². The highest BCUT2D eigenvalue weighted by Gasteiger charge is 2.12. The number of carbonyl (C=O) groups excluding carboxylic acids is 1. The van der Waals surface area contributed by atoms with Crippen LogP contribution in [0.5, 0.6) is 0 Å². The fraction of sp³-hybridized carbons (Fsp3) is 0.500. The van der Waals surface area contributed by atoms with Crippen LogP contribution in [-0.2, 0) is 24.3 Å². The van der Waals surface area contributed by atoms with Crippen LogP contribution < -0.4 is 10.9 Å². The van der Waals surface area contributed by atoms with E-state index in [0.29, 0.717) is 29.4 Å². The molecule has 3 rings (SSSR count). The Morgan fingerprint density at radius 2 is 1.86 bits per heavy atom. The number of benzene rings is 1. The lowest BCUT2D eigenvalue weighted by atomic mass is 10.1. The van der Waals surface area contributed by atoms with Crippen molar-refractivity contribution in [1.82, 2.24) is 20.2 Å². The number of rotatable bonds is 8. The highest BCUT2D eigenvalue weighted by molar-refractivity contribution is 7.98. The average molecular weight is 415 g/mol. The lowest BCUT2D eigenvalue weighted by Gasteiger charge is -2.26. The van der Waals surface area contributed by atoms with Crippen molar-refractivity contribution in [3.8, 4) is 0 Å². The van der Waals surface area contributed by atoms with Crippen LogP contribution >= 0.6 is 11.8 Å². The van der Waals surface area contributed by atoms with Crippen LogP contribution in [0.1, 0.15) is 48.1 Å². The summed E-state index contributed by atoms with van der Waals surface area (Å²) in [6.45, 7) is 5.70. The van der Waals surface area contributed by atoms with E-state index in [0.717, 1.165) is 12.1 Å². The summed E-state index contributed by atoms with van der Waals surface area (Å²) in [4.78, 5) is 33.9. The minimum absolute atomic E-state index is 0.0601. The molecule has 6 nitrogen and oxygen atoms in total. The molecule has 1 aliphatic rings. The molecule has 1 saturated heterocycles. The van der Waals surface area contributed by atoms with Crippen LogP contribution in [0, 0.1) is 6.92 Å². The second-order valence-electron chi connectivity index (χ2n) is 7.57. The fourth-order valence-corrected chi connectivity index (χ4v) is 4.06. The molecule has 2 N–H and O–H groups in total. The Morgan fingerprint density at radius 1 is 1.17 bits per heavy atom. The van der Waals surface area contributed by atoms with Gasteiger partial charge in [-0.3, -0.25) is 14.5 Å². The molecule has 29 heavy (non-hydrogen) atoms. The molecule has 156 valence electrons. The molecule has 0 saturated carbocycles. The summed E-state index contributed by atoms with van der Waals surface area (Å²) in [6.07, 6.45) is 6.48. The Bertz CT molecular complexity index is 873. The molecule has 0 aliphatic carbocycles. The maximum absolute atomic E-state index is 12.2. The number of aryl methyl sites for hydroxylation is 1. The normalized spacial score (nSPS) is 14.7. The van der Waals surface area contributed by atoms with Gasteiger partial charge in [0.25, 0.3) is 5.56 Å². The third kappa shape index (κ3) is 6.44. The zero-order chi connectivity index (χ0) is 20.6. The standard InChI is InChI=1S/C22H30N4O2S/c1-16-19(21(28)25-22(24-16)29-2)10-11-20(27)23-14-17-6-8-18(9-7-17)15-26-12-4-3-5-13-26/h6-9H,3-5,10-15H2,1-2H3,(H,23,27)(H,24,25,28). The van der Waals surface area contributed by atoms with Gasteiger partial charge >= 0.3 is 0 Å². The number of H-pyrrole nitrogens is 1. The lowest BCUT2D eigenvalue weighted by molar-refractivity contribution is -0.121. The second-order valence-corrected chi connectivity index (χ2v) is 8.36. The lowest BCUT2D eigenvalue weighted by Crippen LogP contribution is -2.29. The number of nitrogens with one attached hydrogen (secondary N) is 2. The molecule has 2 aromatic rings. The number of thioether (sulfide) groups is 1. The zero-order valence-corrected chi connectivity index (χ0v) is 18.1. The molecule has 0 radical (unpaired) electrons. The largest absolute Gasteiger partial charge is 0.352 e. The quantitative estimate of drug-likeness (QED) is 0.513.